The average Bonchev–Trinajstić information content (AvgIpc) is 3.27. The fraction of sp³-hybridized carbons (Fsp3) is 0.243. The molecular formula is C37H36N6O3. The van der Waals surface area contributed by atoms with E-state index in [2.05, 4.69) is 70.8 Å². The third-order valence-corrected chi connectivity index (χ3v) is 8.36. The van der Waals surface area contributed by atoms with Crippen molar-refractivity contribution in [3.05, 3.63) is 89.5 Å². The largest absolute Gasteiger partial charge is 0.380 e. The lowest BCUT2D eigenvalue weighted by molar-refractivity contribution is -0.117. The zero-order valence-corrected chi connectivity index (χ0v) is 26.2. The number of nitrogens with zero attached hydrogens (tertiary/aromatic N) is 1. The van der Waals surface area contributed by atoms with Crippen molar-refractivity contribution in [1.29, 1.82) is 5.26 Å². The summed E-state index contributed by atoms with van der Waals surface area (Å²) in [7, 11) is 0. The predicted molar refractivity (Wildman–Crippen MR) is 183 cm³/mol. The van der Waals surface area contributed by atoms with Crippen molar-refractivity contribution in [2.24, 2.45) is 0 Å². The highest BCUT2D eigenvalue weighted by atomic mass is 16.2. The molecule has 0 aliphatic carbocycles. The number of hydrogen-bond donors (Lipinski definition) is 5. The van der Waals surface area contributed by atoms with Crippen molar-refractivity contribution >= 4 is 46.2 Å². The van der Waals surface area contributed by atoms with Crippen LogP contribution < -0.4 is 26.6 Å². The van der Waals surface area contributed by atoms with Crippen LogP contribution in [-0.4, -0.2) is 29.8 Å². The first kappa shape index (κ1) is 30.4. The van der Waals surface area contributed by atoms with E-state index in [1.165, 1.54) is 5.56 Å². The highest BCUT2D eigenvalue weighted by Crippen LogP contribution is 2.45. The molecule has 0 spiro atoms. The fourth-order valence-corrected chi connectivity index (χ4v) is 6.01. The number of anilines is 5. The first-order valence-electron chi connectivity index (χ1n) is 15.5. The van der Waals surface area contributed by atoms with Crippen LogP contribution in [0.25, 0.3) is 22.3 Å². The number of fused-ring (bicyclic) bond motifs is 2. The predicted octanol–water partition coefficient (Wildman–Crippen LogP) is 7.55. The van der Waals surface area contributed by atoms with Gasteiger partial charge in [-0.05, 0) is 72.9 Å². The normalized spacial score (nSPS) is 17.1. The molecule has 2 atom stereocenters. The molecule has 3 amide bonds. The van der Waals surface area contributed by atoms with Crippen molar-refractivity contribution in [3.63, 3.8) is 0 Å². The van der Waals surface area contributed by atoms with Crippen molar-refractivity contribution in [2.75, 3.05) is 26.6 Å². The number of nitriles is 1. The lowest BCUT2D eigenvalue weighted by atomic mass is 9.92. The summed E-state index contributed by atoms with van der Waals surface area (Å²) in [5, 5.41) is 25.1. The molecular weight excluding hydrogens is 576 g/mol. The van der Waals surface area contributed by atoms with Crippen LogP contribution in [0, 0.1) is 11.3 Å². The molecule has 0 saturated carbocycles. The Hall–Kier alpha value is -5.62. The minimum Gasteiger partial charge on any atom is -0.380 e. The van der Waals surface area contributed by atoms with Gasteiger partial charge in [-0.3, -0.25) is 14.4 Å². The van der Waals surface area contributed by atoms with Crippen LogP contribution in [-0.2, 0) is 9.59 Å². The third-order valence-electron chi connectivity index (χ3n) is 8.36. The van der Waals surface area contributed by atoms with E-state index in [0.717, 1.165) is 16.8 Å². The molecule has 232 valence electrons. The number of rotatable bonds is 5. The quantitative estimate of drug-likeness (QED) is 0.158. The van der Waals surface area contributed by atoms with Gasteiger partial charge in [0, 0.05) is 41.7 Å². The van der Waals surface area contributed by atoms with Gasteiger partial charge in [0.2, 0.25) is 11.8 Å². The van der Waals surface area contributed by atoms with Gasteiger partial charge in [0.1, 0.15) is 0 Å². The molecule has 5 N–H and O–H groups in total. The number of benzene rings is 4. The molecule has 0 bridgehead atoms. The molecule has 0 aromatic heterocycles. The Morgan fingerprint density at radius 2 is 1.39 bits per heavy atom. The van der Waals surface area contributed by atoms with Gasteiger partial charge in [0.25, 0.3) is 5.91 Å². The molecule has 2 aliphatic rings. The van der Waals surface area contributed by atoms with E-state index in [0.29, 0.717) is 57.3 Å². The van der Waals surface area contributed by atoms with Crippen LogP contribution in [0.3, 0.4) is 0 Å². The van der Waals surface area contributed by atoms with Gasteiger partial charge < -0.3 is 26.6 Å². The van der Waals surface area contributed by atoms with E-state index in [4.69, 9.17) is 5.26 Å². The van der Waals surface area contributed by atoms with Crippen LogP contribution in [0.2, 0.25) is 0 Å². The first-order chi connectivity index (χ1) is 22.1. The Kier molecular flexibility index (Phi) is 8.20. The highest BCUT2D eigenvalue weighted by Gasteiger charge is 2.28. The van der Waals surface area contributed by atoms with Crippen LogP contribution in [0.15, 0.2) is 72.8 Å². The van der Waals surface area contributed by atoms with Crippen molar-refractivity contribution in [2.45, 2.75) is 58.5 Å². The number of hydrogen-bond acceptors (Lipinski definition) is 6. The standard InChI is InChI=1S/C37H36N6O3/c1-20(2)24-7-9-25(10-8-24)28-13-14-29(36-35(28)40-22(4)16-33(45)43-36)26-17-30(34-31(18-26)42-32(44)15-21(3)39-34)37(46)41-27-11-5-23(19-38)6-12-27/h5-14,17-18,20-22,39-40H,15-16H2,1-4H3,(H,41,46)(H,42,44)(H,43,45)/t21-,22-/m1/s1. The van der Waals surface area contributed by atoms with Gasteiger partial charge in [-0.25, -0.2) is 0 Å². The minimum absolute atomic E-state index is 0.115. The van der Waals surface area contributed by atoms with Crippen molar-refractivity contribution < 1.29 is 14.4 Å². The van der Waals surface area contributed by atoms with Crippen molar-refractivity contribution in [3.8, 4) is 28.3 Å². The van der Waals surface area contributed by atoms with E-state index < -0.39 is 0 Å². The molecule has 0 fully saturated rings. The summed E-state index contributed by atoms with van der Waals surface area (Å²) >= 11 is 0. The van der Waals surface area contributed by atoms with Gasteiger partial charge in [-0.15, -0.1) is 0 Å². The summed E-state index contributed by atoms with van der Waals surface area (Å²) in [6.07, 6.45) is 0.526. The van der Waals surface area contributed by atoms with Crippen LogP contribution in [0.4, 0.5) is 28.4 Å². The lowest BCUT2D eigenvalue weighted by Crippen LogP contribution is -2.20. The van der Waals surface area contributed by atoms with Crippen molar-refractivity contribution in [1.82, 2.24) is 0 Å². The molecule has 0 unspecified atom stereocenters. The van der Waals surface area contributed by atoms with E-state index >= 15 is 0 Å². The Balaban J connectivity index is 1.51. The smallest absolute Gasteiger partial charge is 0.257 e. The molecule has 2 heterocycles. The third kappa shape index (κ3) is 6.15. The first-order valence-corrected chi connectivity index (χ1v) is 15.5. The second-order valence-corrected chi connectivity index (χ2v) is 12.4. The van der Waals surface area contributed by atoms with Gasteiger partial charge in [-0.1, -0.05) is 50.2 Å². The second kappa shape index (κ2) is 12.4. The monoisotopic (exact) mass is 612 g/mol. The summed E-state index contributed by atoms with van der Waals surface area (Å²) in [6, 6.07) is 24.4. The molecule has 2 aliphatic heterocycles. The van der Waals surface area contributed by atoms with Crippen LogP contribution in [0.1, 0.15) is 67.9 Å². The van der Waals surface area contributed by atoms with Crippen LogP contribution >= 0.6 is 0 Å². The van der Waals surface area contributed by atoms with Gasteiger partial charge in [0.15, 0.2) is 0 Å². The summed E-state index contributed by atoms with van der Waals surface area (Å²) in [6.45, 7) is 8.18. The summed E-state index contributed by atoms with van der Waals surface area (Å²) < 4.78 is 0. The SMILES string of the molecule is CC(C)c1ccc(-c2ccc(-c3cc4c(c(C(=O)Nc5ccc(C#N)cc5)c3)N[C@H](C)CC(=O)N4)c3c2N[C@H](C)CC(=O)N3)cc1. The van der Waals surface area contributed by atoms with Crippen LogP contribution in [0.5, 0.6) is 0 Å². The molecule has 9 heteroatoms. The molecule has 0 saturated heterocycles. The maximum atomic E-state index is 13.9. The molecule has 4 aromatic rings. The zero-order chi connectivity index (χ0) is 32.5. The Morgan fingerprint density at radius 3 is 2.02 bits per heavy atom. The summed E-state index contributed by atoms with van der Waals surface area (Å²) in [4.78, 5) is 39.8. The number of carbonyl (C=O) groups excluding carboxylic acids is 3. The molecule has 46 heavy (non-hydrogen) atoms. The Bertz CT molecular complexity index is 1890. The Morgan fingerprint density at radius 1 is 0.783 bits per heavy atom. The molecule has 9 nitrogen and oxygen atoms in total. The highest BCUT2D eigenvalue weighted by molar-refractivity contribution is 6.14. The molecule has 4 aromatic carbocycles. The minimum atomic E-state index is -0.387. The van der Waals surface area contributed by atoms with E-state index in [-0.39, 0.29) is 36.2 Å². The lowest BCUT2D eigenvalue weighted by Gasteiger charge is -2.22. The second-order valence-electron chi connectivity index (χ2n) is 12.4. The number of nitrogens with one attached hydrogen (secondary N) is 5. The van der Waals surface area contributed by atoms with E-state index in [1.807, 2.05) is 32.0 Å². The zero-order valence-electron chi connectivity index (χ0n) is 26.2. The van der Waals surface area contributed by atoms with Gasteiger partial charge in [-0.2, -0.15) is 5.26 Å². The van der Waals surface area contributed by atoms with E-state index in [9.17, 15) is 14.4 Å². The average molecular weight is 613 g/mol. The number of amides is 3. The summed E-state index contributed by atoms with van der Waals surface area (Å²) in [5.74, 6) is -0.273. The molecule has 0 radical (unpaired) electrons. The van der Waals surface area contributed by atoms with Gasteiger partial charge >= 0.3 is 0 Å². The maximum absolute atomic E-state index is 13.9. The van der Waals surface area contributed by atoms with Gasteiger partial charge in [0.05, 0.1) is 39.9 Å². The maximum Gasteiger partial charge on any atom is 0.257 e. The topological polar surface area (TPSA) is 135 Å². The molecule has 6 rings (SSSR count). The fourth-order valence-electron chi connectivity index (χ4n) is 6.01. The van der Waals surface area contributed by atoms with E-state index in [1.54, 1.807) is 30.3 Å². The summed E-state index contributed by atoms with van der Waals surface area (Å²) in [5.41, 5.74) is 8.27. The number of carbonyl (C=O) groups is 3. The Labute approximate surface area is 268 Å².